The molecule has 0 saturated carbocycles. The molecule has 110 valence electrons. The lowest BCUT2D eigenvalue weighted by atomic mass is 10.1. The fourth-order valence-electron chi connectivity index (χ4n) is 2.63. The molecular weight excluding hydrogens is 306 g/mol. The van der Waals surface area contributed by atoms with Crippen LogP contribution in [-0.2, 0) is 16.3 Å². The van der Waals surface area contributed by atoms with Gasteiger partial charge in [0.1, 0.15) is 0 Å². The predicted octanol–water partition coefficient (Wildman–Crippen LogP) is 3.92. The first-order valence-corrected chi connectivity index (χ1v) is 8.81. The van der Waals surface area contributed by atoms with E-state index in [-0.39, 0.29) is 4.90 Å². The van der Waals surface area contributed by atoms with Crippen molar-refractivity contribution in [1.29, 1.82) is 0 Å². The van der Waals surface area contributed by atoms with Crippen LogP contribution in [0.25, 0.3) is 0 Å². The topological polar surface area (TPSA) is 46.2 Å². The Morgan fingerprint density at radius 3 is 2.57 bits per heavy atom. The van der Waals surface area contributed by atoms with Gasteiger partial charge in [-0.25, -0.2) is 8.42 Å². The van der Waals surface area contributed by atoms with E-state index in [4.69, 9.17) is 11.6 Å². The van der Waals surface area contributed by atoms with Gasteiger partial charge in [0.15, 0.2) is 0 Å². The van der Waals surface area contributed by atoms with Crippen LogP contribution in [0.4, 0.5) is 5.69 Å². The fraction of sp³-hybridized carbons (Fsp3) is 0.250. The molecule has 0 fully saturated rings. The second-order valence-corrected chi connectivity index (χ2v) is 7.49. The maximum absolute atomic E-state index is 12.9. The molecule has 2 aromatic carbocycles. The third-order valence-electron chi connectivity index (χ3n) is 3.67. The Morgan fingerprint density at radius 1 is 1.05 bits per heavy atom. The molecule has 1 N–H and O–H groups in total. The van der Waals surface area contributed by atoms with E-state index in [9.17, 15) is 8.42 Å². The van der Waals surface area contributed by atoms with E-state index >= 15 is 0 Å². The van der Waals surface area contributed by atoms with Crippen molar-refractivity contribution in [3.05, 3.63) is 53.1 Å². The Balaban J connectivity index is 2.21. The molecule has 0 amide bonds. The van der Waals surface area contributed by atoms with Gasteiger partial charge in [0.2, 0.25) is 9.84 Å². The normalized spacial score (nSPS) is 14.9. The highest BCUT2D eigenvalue weighted by Gasteiger charge is 2.24. The van der Waals surface area contributed by atoms with Crippen molar-refractivity contribution in [3.63, 3.8) is 0 Å². The summed E-state index contributed by atoms with van der Waals surface area (Å²) >= 11 is 6.14. The number of benzene rings is 2. The lowest BCUT2D eigenvalue weighted by molar-refractivity contribution is 0.596. The standard InChI is InChI=1S/C16H16ClNO2S/c17-13-10-12-6-4-5-9-18-16(12)15(11-13)21(19,20)14-7-2-1-3-8-14/h1-3,7-8,10-11,18H,4-6,9H2. The Labute approximate surface area is 129 Å². The monoisotopic (exact) mass is 321 g/mol. The SMILES string of the molecule is O=S(=O)(c1ccccc1)c1cc(Cl)cc2c1NCCCC2. The molecule has 1 aliphatic heterocycles. The number of nitrogens with one attached hydrogen (secondary N) is 1. The van der Waals surface area contributed by atoms with E-state index in [1.807, 2.05) is 6.07 Å². The molecule has 3 rings (SSSR count). The van der Waals surface area contributed by atoms with E-state index in [1.165, 1.54) is 0 Å². The minimum absolute atomic E-state index is 0.276. The van der Waals surface area contributed by atoms with E-state index in [0.717, 1.165) is 31.4 Å². The van der Waals surface area contributed by atoms with Crippen LogP contribution in [0.1, 0.15) is 18.4 Å². The van der Waals surface area contributed by atoms with Crippen molar-refractivity contribution in [2.75, 3.05) is 11.9 Å². The fourth-order valence-corrected chi connectivity index (χ4v) is 4.46. The van der Waals surface area contributed by atoms with Crippen LogP contribution in [-0.4, -0.2) is 15.0 Å². The molecule has 0 unspecified atom stereocenters. The number of rotatable bonds is 2. The number of sulfone groups is 1. The molecule has 3 nitrogen and oxygen atoms in total. The number of halogens is 1. The summed E-state index contributed by atoms with van der Waals surface area (Å²) in [4.78, 5) is 0.568. The van der Waals surface area contributed by atoms with Crippen molar-refractivity contribution in [3.8, 4) is 0 Å². The highest BCUT2D eigenvalue weighted by Crippen LogP contribution is 2.35. The minimum atomic E-state index is -3.57. The zero-order valence-electron chi connectivity index (χ0n) is 11.5. The molecule has 0 saturated heterocycles. The summed E-state index contributed by atoms with van der Waals surface area (Å²) in [6.07, 6.45) is 2.91. The molecule has 0 aromatic heterocycles. The van der Waals surface area contributed by atoms with Gasteiger partial charge in [0, 0.05) is 11.6 Å². The maximum Gasteiger partial charge on any atom is 0.208 e. The first-order valence-electron chi connectivity index (χ1n) is 6.95. The zero-order valence-corrected chi connectivity index (χ0v) is 13.0. The summed E-state index contributed by atoms with van der Waals surface area (Å²) in [5.74, 6) is 0. The van der Waals surface area contributed by atoms with Gasteiger partial charge in [-0.3, -0.25) is 0 Å². The molecule has 2 aromatic rings. The summed E-state index contributed by atoms with van der Waals surface area (Å²) in [6.45, 7) is 0.784. The van der Waals surface area contributed by atoms with E-state index in [2.05, 4.69) is 5.32 Å². The summed E-state index contributed by atoms with van der Waals surface area (Å²) in [5, 5.41) is 3.72. The summed E-state index contributed by atoms with van der Waals surface area (Å²) in [5.41, 5.74) is 1.69. The van der Waals surface area contributed by atoms with Gasteiger partial charge >= 0.3 is 0 Å². The highest BCUT2D eigenvalue weighted by molar-refractivity contribution is 7.91. The lowest BCUT2D eigenvalue weighted by Crippen LogP contribution is -2.09. The van der Waals surface area contributed by atoms with Gasteiger partial charge in [-0.15, -0.1) is 0 Å². The summed E-state index contributed by atoms with van der Waals surface area (Å²) < 4.78 is 25.7. The number of fused-ring (bicyclic) bond motifs is 1. The van der Waals surface area contributed by atoms with Gasteiger partial charge in [-0.05, 0) is 49.1 Å². The van der Waals surface area contributed by atoms with Crippen molar-refractivity contribution >= 4 is 27.1 Å². The van der Waals surface area contributed by atoms with Crippen LogP contribution in [0.2, 0.25) is 5.02 Å². The molecular formula is C16H16ClNO2S. The highest BCUT2D eigenvalue weighted by atomic mass is 35.5. The van der Waals surface area contributed by atoms with Gasteiger partial charge in [0.05, 0.1) is 15.5 Å². The molecule has 1 heterocycles. The Kier molecular flexibility index (Phi) is 3.91. The van der Waals surface area contributed by atoms with Gasteiger partial charge in [-0.2, -0.15) is 0 Å². The van der Waals surface area contributed by atoms with Crippen molar-refractivity contribution < 1.29 is 8.42 Å². The average molecular weight is 322 g/mol. The zero-order chi connectivity index (χ0) is 14.9. The van der Waals surface area contributed by atoms with E-state index in [1.54, 1.807) is 36.4 Å². The predicted molar refractivity (Wildman–Crippen MR) is 84.8 cm³/mol. The molecule has 0 bridgehead atoms. The molecule has 0 radical (unpaired) electrons. The number of anilines is 1. The molecule has 21 heavy (non-hydrogen) atoms. The van der Waals surface area contributed by atoms with Crippen molar-refractivity contribution in [2.24, 2.45) is 0 Å². The van der Waals surface area contributed by atoms with Crippen LogP contribution < -0.4 is 5.32 Å². The first-order chi connectivity index (χ1) is 10.1. The third-order valence-corrected chi connectivity index (χ3v) is 5.68. The second kappa shape index (κ2) is 5.70. The minimum Gasteiger partial charge on any atom is -0.384 e. The van der Waals surface area contributed by atoms with Gasteiger partial charge < -0.3 is 5.32 Å². The largest absolute Gasteiger partial charge is 0.384 e. The van der Waals surface area contributed by atoms with Crippen LogP contribution >= 0.6 is 11.6 Å². The molecule has 0 atom stereocenters. The maximum atomic E-state index is 12.9. The summed E-state index contributed by atoms with van der Waals surface area (Å²) in [6, 6.07) is 11.9. The molecule has 5 heteroatoms. The quantitative estimate of drug-likeness (QED) is 0.912. The number of hydrogen-bond donors (Lipinski definition) is 1. The number of aryl methyl sites for hydroxylation is 1. The van der Waals surface area contributed by atoms with Crippen LogP contribution in [0.15, 0.2) is 52.3 Å². The van der Waals surface area contributed by atoms with Crippen LogP contribution in [0.3, 0.4) is 0 Å². The molecule has 1 aliphatic rings. The van der Waals surface area contributed by atoms with E-state index < -0.39 is 9.84 Å². The first kappa shape index (κ1) is 14.4. The number of hydrogen-bond acceptors (Lipinski definition) is 3. The average Bonchev–Trinajstić information content (AvgIpc) is 2.72. The second-order valence-electron chi connectivity index (χ2n) is 5.14. The Morgan fingerprint density at radius 2 is 1.81 bits per heavy atom. The smallest absolute Gasteiger partial charge is 0.208 e. The van der Waals surface area contributed by atoms with Gasteiger partial charge in [0.25, 0.3) is 0 Å². The van der Waals surface area contributed by atoms with E-state index in [0.29, 0.717) is 15.6 Å². The summed E-state index contributed by atoms with van der Waals surface area (Å²) in [7, 11) is -3.57. The molecule has 0 spiro atoms. The van der Waals surface area contributed by atoms with Gasteiger partial charge in [-0.1, -0.05) is 29.8 Å². The lowest BCUT2D eigenvalue weighted by Gasteiger charge is -2.15. The van der Waals surface area contributed by atoms with Crippen LogP contribution in [0.5, 0.6) is 0 Å². The van der Waals surface area contributed by atoms with Crippen molar-refractivity contribution in [1.82, 2.24) is 0 Å². The Hall–Kier alpha value is -1.52. The van der Waals surface area contributed by atoms with Crippen LogP contribution in [0, 0.1) is 0 Å². The molecule has 0 aliphatic carbocycles. The third kappa shape index (κ3) is 2.78. The van der Waals surface area contributed by atoms with Crippen molar-refractivity contribution in [2.45, 2.75) is 29.1 Å². The Bertz CT molecular complexity index is 757.